The van der Waals surface area contributed by atoms with E-state index in [0.717, 1.165) is 40.7 Å². The molecule has 1 aliphatic rings. The smallest absolute Gasteiger partial charge is 0.243 e. The van der Waals surface area contributed by atoms with Crippen LogP contribution in [0.25, 0.3) is 11.3 Å². The van der Waals surface area contributed by atoms with Gasteiger partial charge in [0, 0.05) is 35.8 Å². The molecule has 0 bridgehead atoms. The SMILES string of the molecule is COc1cccc(Nc2nc(-c3ccc(S(=O)(=O)N4CCCC4)cc3)cs2)c1. The van der Waals surface area contributed by atoms with Crippen LogP contribution in [0.1, 0.15) is 12.8 Å². The van der Waals surface area contributed by atoms with Crippen molar-refractivity contribution >= 4 is 32.2 Å². The van der Waals surface area contributed by atoms with E-state index < -0.39 is 10.0 Å². The van der Waals surface area contributed by atoms with Crippen LogP contribution in [0.5, 0.6) is 5.75 Å². The second-order valence-corrected chi connectivity index (χ2v) is 9.33. The second-order valence-electron chi connectivity index (χ2n) is 6.53. The fraction of sp³-hybridized carbons (Fsp3) is 0.250. The van der Waals surface area contributed by atoms with Crippen LogP contribution in [0.4, 0.5) is 10.8 Å². The molecule has 1 saturated heterocycles. The molecule has 0 spiro atoms. The summed E-state index contributed by atoms with van der Waals surface area (Å²) in [5.41, 5.74) is 2.59. The number of rotatable bonds is 6. The molecule has 0 aliphatic carbocycles. The number of nitrogens with one attached hydrogen (secondary N) is 1. The number of aromatic nitrogens is 1. The summed E-state index contributed by atoms with van der Waals surface area (Å²) < 4.78 is 32.1. The topological polar surface area (TPSA) is 71.5 Å². The third-order valence-electron chi connectivity index (χ3n) is 4.68. The first-order valence-corrected chi connectivity index (χ1v) is 11.4. The van der Waals surface area contributed by atoms with Gasteiger partial charge in [0.2, 0.25) is 10.0 Å². The van der Waals surface area contributed by atoms with Crippen molar-refractivity contribution in [2.75, 3.05) is 25.5 Å². The van der Waals surface area contributed by atoms with Crippen LogP contribution >= 0.6 is 11.3 Å². The van der Waals surface area contributed by atoms with Gasteiger partial charge in [-0.3, -0.25) is 0 Å². The van der Waals surface area contributed by atoms with Crippen molar-refractivity contribution in [1.82, 2.24) is 9.29 Å². The summed E-state index contributed by atoms with van der Waals surface area (Å²) in [6, 6.07) is 14.6. The number of hydrogen-bond donors (Lipinski definition) is 1. The Morgan fingerprint density at radius 2 is 1.86 bits per heavy atom. The van der Waals surface area contributed by atoms with Crippen LogP contribution in [0, 0.1) is 0 Å². The lowest BCUT2D eigenvalue weighted by Crippen LogP contribution is -2.27. The van der Waals surface area contributed by atoms with E-state index in [9.17, 15) is 8.42 Å². The van der Waals surface area contributed by atoms with E-state index in [-0.39, 0.29) is 0 Å². The number of hydrogen-bond acceptors (Lipinski definition) is 6. The van der Waals surface area contributed by atoms with Gasteiger partial charge in [-0.15, -0.1) is 11.3 Å². The first kappa shape index (κ1) is 18.9. The third kappa shape index (κ3) is 3.89. The number of methoxy groups -OCH3 is 1. The molecule has 28 heavy (non-hydrogen) atoms. The minimum absolute atomic E-state index is 0.336. The Balaban J connectivity index is 1.51. The zero-order chi connectivity index (χ0) is 19.6. The van der Waals surface area contributed by atoms with Gasteiger partial charge in [-0.25, -0.2) is 13.4 Å². The van der Waals surface area contributed by atoms with Crippen molar-refractivity contribution in [3.63, 3.8) is 0 Å². The first-order valence-electron chi connectivity index (χ1n) is 9.03. The minimum atomic E-state index is -3.39. The maximum absolute atomic E-state index is 12.6. The van der Waals surface area contributed by atoms with Crippen molar-refractivity contribution in [2.45, 2.75) is 17.7 Å². The molecule has 0 unspecified atom stereocenters. The van der Waals surface area contributed by atoms with Gasteiger partial charge in [0.25, 0.3) is 0 Å². The van der Waals surface area contributed by atoms with Crippen LogP contribution in [0.15, 0.2) is 58.8 Å². The standard InChI is InChI=1S/C20H21N3O3S2/c1-26-17-6-4-5-16(13-17)21-20-22-19(14-27-20)15-7-9-18(10-8-15)28(24,25)23-11-2-3-12-23/h4-10,13-14H,2-3,11-12H2,1H3,(H,21,22). The quantitative estimate of drug-likeness (QED) is 0.648. The first-order chi connectivity index (χ1) is 13.6. The molecule has 6 nitrogen and oxygen atoms in total. The van der Waals surface area contributed by atoms with Gasteiger partial charge in [-0.05, 0) is 37.1 Å². The molecule has 2 aromatic carbocycles. The van der Waals surface area contributed by atoms with E-state index in [2.05, 4.69) is 10.3 Å². The fourth-order valence-corrected chi connectivity index (χ4v) is 5.42. The summed E-state index contributed by atoms with van der Waals surface area (Å²) in [6.07, 6.45) is 1.86. The summed E-state index contributed by atoms with van der Waals surface area (Å²) in [5.74, 6) is 0.775. The monoisotopic (exact) mass is 415 g/mol. The molecular formula is C20H21N3O3S2. The van der Waals surface area contributed by atoms with Crippen LogP contribution < -0.4 is 10.1 Å². The zero-order valence-electron chi connectivity index (χ0n) is 15.5. The highest BCUT2D eigenvalue weighted by Crippen LogP contribution is 2.29. The highest BCUT2D eigenvalue weighted by molar-refractivity contribution is 7.89. The Hall–Kier alpha value is -2.42. The summed E-state index contributed by atoms with van der Waals surface area (Å²) in [7, 11) is -1.76. The Kier molecular flexibility index (Phi) is 5.34. The molecule has 1 fully saturated rings. The van der Waals surface area contributed by atoms with Crippen molar-refractivity contribution in [2.24, 2.45) is 0 Å². The second kappa shape index (κ2) is 7.90. The lowest BCUT2D eigenvalue weighted by atomic mass is 10.2. The third-order valence-corrected chi connectivity index (χ3v) is 7.35. The molecule has 2 heterocycles. The van der Waals surface area contributed by atoms with Crippen molar-refractivity contribution in [3.05, 3.63) is 53.9 Å². The van der Waals surface area contributed by atoms with Crippen LogP contribution in [0.2, 0.25) is 0 Å². The van der Waals surface area contributed by atoms with Crippen molar-refractivity contribution in [1.29, 1.82) is 0 Å². The maximum atomic E-state index is 12.6. The van der Waals surface area contributed by atoms with Gasteiger partial charge in [0.15, 0.2) is 5.13 Å². The normalized spacial score (nSPS) is 14.9. The van der Waals surface area contributed by atoms with Crippen molar-refractivity contribution in [3.8, 4) is 17.0 Å². The van der Waals surface area contributed by atoms with E-state index in [0.29, 0.717) is 18.0 Å². The molecular weight excluding hydrogens is 394 g/mol. The summed E-state index contributed by atoms with van der Waals surface area (Å²) >= 11 is 1.49. The number of thiazole rings is 1. The van der Waals surface area contributed by atoms with Gasteiger partial charge in [-0.2, -0.15) is 4.31 Å². The number of anilines is 2. The predicted molar refractivity (Wildman–Crippen MR) is 112 cm³/mol. The lowest BCUT2D eigenvalue weighted by molar-refractivity contribution is 0.415. The molecule has 0 amide bonds. The Morgan fingerprint density at radius 1 is 1.11 bits per heavy atom. The lowest BCUT2D eigenvalue weighted by Gasteiger charge is -2.15. The van der Waals surface area contributed by atoms with Gasteiger partial charge >= 0.3 is 0 Å². The molecule has 1 N–H and O–H groups in total. The number of sulfonamides is 1. The average Bonchev–Trinajstić information content (AvgIpc) is 3.41. The van der Waals surface area contributed by atoms with E-state index in [1.54, 1.807) is 23.5 Å². The van der Waals surface area contributed by atoms with E-state index >= 15 is 0 Å². The number of benzene rings is 2. The molecule has 8 heteroatoms. The highest BCUT2D eigenvalue weighted by atomic mass is 32.2. The predicted octanol–water partition coefficient (Wildman–Crippen LogP) is 4.35. The van der Waals surface area contributed by atoms with Gasteiger partial charge < -0.3 is 10.1 Å². The van der Waals surface area contributed by atoms with Crippen molar-refractivity contribution < 1.29 is 13.2 Å². The molecule has 1 aromatic heterocycles. The Bertz CT molecular complexity index is 1060. The molecule has 0 radical (unpaired) electrons. The van der Waals surface area contributed by atoms with Crippen LogP contribution in [-0.4, -0.2) is 37.9 Å². The van der Waals surface area contributed by atoms with E-state index in [1.165, 1.54) is 11.3 Å². The van der Waals surface area contributed by atoms with E-state index in [1.807, 2.05) is 41.8 Å². The van der Waals surface area contributed by atoms with Gasteiger partial charge in [0.1, 0.15) is 5.75 Å². The van der Waals surface area contributed by atoms with E-state index in [4.69, 9.17) is 4.74 Å². The minimum Gasteiger partial charge on any atom is -0.497 e. The van der Waals surface area contributed by atoms with Crippen LogP contribution in [0.3, 0.4) is 0 Å². The molecule has 146 valence electrons. The van der Waals surface area contributed by atoms with Gasteiger partial charge in [-0.1, -0.05) is 18.2 Å². The molecule has 3 aromatic rings. The average molecular weight is 416 g/mol. The summed E-state index contributed by atoms with van der Waals surface area (Å²) in [6.45, 7) is 1.21. The number of nitrogens with zero attached hydrogens (tertiary/aromatic N) is 2. The summed E-state index contributed by atoms with van der Waals surface area (Å²) in [4.78, 5) is 4.94. The van der Waals surface area contributed by atoms with Crippen LogP contribution in [-0.2, 0) is 10.0 Å². The molecule has 0 saturated carbocycles. The molecule has 4 rings (SSSR count). The summed E-state index contributed by atoms with van der Waals surface area (Å²) in [5, 5.41) is 5.98. The maximum Gasteiger partial charge on any atom is 0.243 e. The number of ether oxygens (including phenoxy) is 1. The van der Waals surface area contributed by atoms with Gasteiger partial charge in [0.05, 0.1) is 17.7 Å². The highest BCUT2D eigenvalue weighted by Gasteiger charge is 2.26. The Labute approximate surface area is 168 Å². The fourth-order valence-electron chi connectivity index (χ4n) is 3.16. The zero-order valence-corrected chi connectivity index (χ0v) is 17.1. The Morgan fingerprint density at radius 3 is 2.57 bits per heavy atom. The molecule has 0 atom stereocenters. The largest absolute Gasteiger partial charge is 0.497 e. The molecule has 1 aliphatic heterocycles.